The normalized spacial score (nSPS) is 12.7. The molecule has 0 fully saturated rings. The molecule has 0 aliphatic heterocycles. The molecular weight excluding hydrogens is 150 g/mol. The van der Waals surface area contributed by atoms with Crippen LogP contribution in [0.15, 0.2) is 0 Å². The molecule has 0 spiro atoms. The highest BCUT2D eigenvalue weighted by Crippen LogP contribution is 2.00. The molecule has 0 bridgehead atoms. The number of rotatable bonds is 4. The summed E-state index contributed by atoms with van der Waals surface area (Å²) in [5, 5.41) is 0. The Balaban J connectivity index is 3.41. The van der Waals surface area contributed by atoms with E-state index in [1.165, 1.54) is 7.11 Å². The van der Waals surface area contributed by atoms with Gasteiger partial charge in [0.05, 0.1) is 7.11 Å². The van der Waals surface area contributed by atoms with Gasteiger partial charge in [-0.25, -0.2) is 0 Å². The molecule has 2 N–H and O–H groups in total. The monoisotopic (exact) mass is 163 g/mol. The lowest BCUT2D eigenvalue weighted by molar-refractivity contribution is -0.141. The lowest BCUT2D eigenvalue weighted by Crippen LogP contribution is -2.33. The van der Waals surface area contributed by atoms with Crippen molar-refractivity contribution in [3.05, 3.63) is 0 Å². The first kappa shape index (κ1) is 9.78. The van der Waals surface area contributed by atoms with Crippen LogP contribution in [0.5, 0.6) is 0 Å². The number of carbonyl (C=O) groups excluding carboxylic acids is 1. The number of ether oxygens (including phenoxy) is 1. The summed E-state index contributed by atoms with van der Waals surface area (Å²) in [6.45, 7) is 2.02. The third-order valence-electron chi connectivity index (χ3n) is 1.01. The van der Waals surface area contributed by atoms with Crippen molar-refractivity contribution < 1.29 is 9.53 Å². The number of hydrogen-bond donors (Lipinski definition) is 1. The van der Waals surface area contributed by atoms with Gasteiger partial charge in [-0.3, -0.25) is 4.79 Å². The van der Waals surface area contributed by atoms with E-state index in [2.05, 4.69) is 4.74 Å². The molecule has 0 aliphatic rings. The molecule has 0 aliphatic carbocycles. The number of hydrogen-bond acceptors (Lipinski definition) is 4. The molecule has 0 heterocycles. The third kappa shape index (κ3) is 3.74. The van der Waals surface area contributed by atoms with E-state index < -0.39 is 6.04 Å². The molecule has 3 nitrogen and oxygen atoms in total. The first-order chi connectivity index (χ1) is 4.72. The van der Waals surface area contributed by atoms with Crippen LogP contribution >= 0.6 is 11.8 Å². The fraction of sp³-hybridized carbons (Fsp3) is 0.833. The van der Waals surface area contributed by atoms with E-state index >= 15 is 0 Å². The zero-order valence-corrected chi connectivity index (χ0v) is 7.11. The van der Waals surface area contributed by atoms with E-state index in [0.29, 0.717) is 5.75 Å². The van der Waals surface area contributed by atoms with Gasteiger partial charge in [0.1, 0.15) is 6.04 Å². The van der Waals surface area contributed by atoms with Crippen molar-refractivity contribution in [1.82, 2.24) is 0 Å². The molecule has 0 rings (SSSR count). The highest BCUT2D eigenvalue weighted by Gasteiger charge is 2.11. The van der Waals surface area contributed by atoms with Crippen LogP contribution in [-0.4, -0.2) is 30.6 Å². The fourth-order valence-corrected chi connectivity index (χ4v) is 1.09. The van der Waals surface area contributed by atoms with Crippen LogP contribution in [-0.2, 0) is 9.53 Å². The number of nitrogens with two attached hydrogens (primary N) is 1. The Bertz CT molecular complexity index is 108. The van der Waals surface area contributed by atoms with Crippen LogP contribution < -0.4 is 5.73 Å². The number of thioether (sulfide) groups is 1. The van der Waals surface area contributed by atoms with Gasteiger partial charge in [0.15, 0.2) is 0 Å². The van der Waals surface area contributed by atoms with E-state index in [1.807, 2.05) is 6.92 Å². The van der Waals surface area contributed by atoms with Crippen molar-refractivity contribution in [2.45, 2.75) is 13.0 Å². The predicted molar refractivity (Wildman–Crippen MR) is 43.0 cm³/mol. The summed E-state index contributed by atoms with van der Waals surface area (Å²) in [7, 11) is 1.35. The lowest BCUT2D eigenvalue weighted by Gasteiger charge is -2.06. The fourth-order valence-electron chi connectivity index (χ4n) is 0.464. The molecule has 1 unspecified atom stereocenters. The molecule has 4 heteroatoms. The highest BCUT2D eigenvalue weighted by molar-refractivity contribution is 7.99. The Morgan fingerprint density at radius 3 is 2.80 bits per heavy atom. The Labute approximate surface area is 65.3 Å². The van der Waals surface area contributed by atoms with Gasteiger partial charge in [0.25, 0.3) is 0 Å². The quantitative estimate of drug-likeness (QED) is 0.603. The Morgan fingerprint density at radius 1 is 1.80 bits per heavy atom. The van der Waals surface area contributed by atoms with Gasteiger partial charge in [0, 0.05) is 5.75 Å². The predicted octanol–water partition coefficient (Wildman–Crippen LogP) is 0.240. The van der Waals surface area contributed by atoms with Crippen molar-refractivity contribution in [3.8, 4) is 0 Å². The summed E-state index contributed by atoms with van der Waals surface area (Å²) < 4.78 is 4.43. The smallest absolute Gasteiger partial charge is 0.323 e. The SMILES string of the molecule is CCSCC(N)C(=O)OC. The van der Waals surface area contributed by atoms with Gasteiger partial charge in [0.2, 0.25) is 0 Å². The van der Waals surface area contributed by atoms with Gasteiger partial charge in [-0.05, 0) is 5.75 Å². The topological polar surface area (TPSA) is 52.3 Å². The molecule has 10 heavy (non-hydrogen) atoms. The van der Waals surface area contributed by atoms with Crippen molar-refractivity contribution in [1.29, 1.82) is 0 Å². The van der Waals surface area contributed by atoms with Crippen LogP contribution in [0.1, 0.15) is 6.92 Å². The van der Waals surface area contributed by atoms with Crippen LogP contribution in [0, 0.1) is 0 Å². The number of methoxy groups -OCH3 is 1. The van der Waals surface area contributed by atoms with Crippen molar-refractivity contribution in [3.63, 3.8) is 0 Å². The van der Waals surface area contributed by atoms with Crippen LogP contribution in [0.3, 0.4) is 0 Å². The maximum Gasteiger partial charge on any atom is 0.323 e. The first-order valence-electron chi connectivity index (χ1n) is 3.13. The number of esters is 1. The summed E-state index contributed by atoms with van der Waals surface area (Å²) in [6, 6.07) is -0.463. The van der Waals surface area contributed by atoms with Crippen molar-refractivity contribution >= 4 is 17.7 Å². The second-order valence-corrected chi connectivity index (χ2v) is 3.11. The molecule has 0 aromatic heterocycles. The minimum atomic E-state index is -0.463. The average molecular weight is 163 g/mol. The average Bonchev–Trinajstić information content (AvgIpc) is 1.98. The van der Waals surface area contributed by atoms with Gasteiger partial charge in [-0.1, -0.05) is 6.92 Å². The maximum atomic E-state index is 10.7. The molecule has 60 valence electrons. The summed E-state index contributed by atoms with van der Waals surface area (Å²) in [5.41, 5.74) is 5.42. The number of carbonyl (C=O) groups is 1. The van der Waals surface area contributed by atoms with E-state index in [0.717, 1.165) is 5.75 Å². The molecular formula is C6H13NO2S. The standard InChI is InChI=1S/C6H13NO2S/c1-3-10-4-5(7)6(8)9-2/h5H,3-4,7H2,1-2H3. The van der Waals surface area contributed by atoms with E-state index in [9.17, 15) is 4.79 Å². The Morgan fingerprint density at radius 2 is 2.40 bits per heavy atom. The molecule has 0 saturated carbocycles. The van der Waals surface area contributed by atoms with Gasteiger partial charge in [-0.15, -0.1) is 0 Å². The molecule has 0 saturated heterocycles. The molecule has 0 aromatic rings. The summed E-state index contributed by atoms with van der Waals surface area (Å²) >= 11 is 1.63. The van der Waals surface area contributed by atoms with Crippen molar-refractivity contribution in [2.75, 3.05) is 18.6 Å². The Hall–Kier alpha value is -0.220. The summed E-state index contributed by atoms with van der Waals surface area (Å²) in [4.78, 5) is 10.7. The largest absolute Gasteiger partial charge is 0.468 e. The highest BCUT2D eigenvalue weighted by atomic mass is 32.2. The van der Waals surface area contributed by atoms with Crippen LogP contribution in [0.25, 0.3) is 0 Å². The molecule has 0 amide bonds. The lowest BCUT2D eigenvalue weighted by atomic mass is 10.4. The molecule has 0 aromatic carbocycles. The second kappa shape index (κ2) is 5.56. The van der Waals surface area contributed by atoms with Crippen LogP contribution in [0.4, 0.5) is 0 Å². The summed E-state index contributed by atoms with van der Waals surface area (Å²) in [5.74, 6) is 1.29. The van der Waals surface area contributed by atoms with Gasteiger partial charge in [-0.2, -0.15) is 11.8 Å². The van der Waals surface area contributed by atoms with E-state index in [4.69, 9.17) is 5.73 Å². The zero-order valence-electron chi connectivity index (χ0n) is 6.29. The van der Waals surface area contributed by atoms with Crippen molar-refractivity contribution in [2.24, 2.45) is 5.73 Å². The first-order valence-corrected chi connectivity index (χ1v) is 4.29. The van der Waals surface area contributed by atoms with E-state index in [-0.39, 0.29) is 5.97 Å². The Kier molecular flexibility index (Phi) is 5.43. The van der Waals surface area contributed by atoms with E-state index in [1.54, 1.807) is 11.8 Å². The van der Waals surface area contributed by atoms with Crippen LogP contribution in [0.2, 0.25) is 0 Å². The van der Waals surface area contributed by atoms with Gasteiger partial charge >= 0.3 is 5.97 Å². The summed E-state index contributed by atoms with van der Waals surface area (Å²) in [6.07, 6.45) is 0. The molecule has 1 atom stereocenters. The third-order valence-corrected chi connectivity index (χ3v) is 2.01. The molecule has 0 radical (unpaired) electrons. The maximum absolute atomic E-state index is 10.7. The van der Waals surface area contributed by atoms with Gasteiger partial charge < -0.3 is 10.5 Å². The minimum Gasteiger partial charge on any atom is -0.468 e. The minimum absolute atomic E-state index is 0.332. The zero-order chi connectivity index (χ0) is 7.98. The second-order valence-electron chi connectivity index (χ2n) is 1.79.